The van der Waals surface area contributed by atoms with E-state index in [-0.39, 0.29) is 24.1 Å². The van der Waals surface area contributed by atoms with Crippen LogP contribution in [0.3, 0.4) is 0 Å². The highest BCUT2D eigenvalue weighted by Crippen LogP contribution is 2.27. The second-order valence-corrected chi connectivity index (χ2v) is 6.46. The van der Waals surface area contributed by atoms with Crippen molar-refractivity contribution in [1.82, 2.24) is 5.32 Å². The number of benzene rings is 2. The molecule has 0 radical (unpaired) electrons. The predicted octanol–water partition coefficient (Wildman–Crippen LogP) is 2.94. The minimum absolute atomic E-state index is 0.0755. The van der Waals surface area contributed by atoms with E-state index >= 15 is 0 Å². The van der Waals surface area contributed by atoms with Crippen molar-refractivity contribution >= 4 is 17.5 Å². The Kier molecular flexibility index (Phi) is 6.06. The van der Waals surface area contributed by atoms with E-state index in [1.807, 2.05) is 31.2 Å². The number of nitrogens with zero attached hydrogens (tertiary/aromatic N) is 1. The highest BCUT2D eigenvalue weighted by molar-refractivity contribution is 6.00. The standard InChI is InChI=1S/C21H23FN2O3/c1-2-27-18-9-7-17(8-10-18)24-14-16(13-20(24)25)21(26)23-12-11-15-5-3-4-6-19(15)22/h3-10,16H,2,11-14H2,1H3,(H,23,26). The van der Waals surface area contributed by atoms with Gasteiger partial charge in [0.05, 0.1) is 12.5 Å². The van der Waals surface area contributed by atoms with Gasteiger partial charge in [0.15, 0.2) is 0 Å². The molecular formula is C21H23FN2O3. The maximum Gasteiger partial charge on any atom is 0.227 e. The first kappa shape index (κ1) is 18.9. The lowest BCUT2D eigenvalue weighted by Crippen LogP contribution is -2.34. The van der Waals surface area contributed by atoms with Crippen LogP contribution in [0.15, 0.2) is 48.5 Å². The molecule has 1 N–H and O–H groups in total. The molecular weight excluding hydrogens is 347 g/mol. The van der Waals surface area contributed by atoms with Crippen molar-refractivity contribution < 1.29 is 18.7 Å². The van der Waals surface area contributed by atoms with Gasteiger partial charge in [-0.2, -0.15) is 0 Å². The Morgan fingerprint density at radius 1 is 1.22 bits per heavy atom. The van der Waals surface area contributed by atoms with E-state index in [0.717, 1.165) is 11.4 Å². The lowest BCUT2D eigenvalue weighted by Gasteiger charge is -2.17. The van der Waals surface area contributed by atoms with Crippen LogP contribution in [0, 0.1) is 11.7 Å². The van der Waals surface area contributed by atoms with Gasteiger partial charge < -0.3 is 15.0 Å². The Hall–Kier alpha value is -2.89. The molecule has 1 saturated heterocycles. The monoisotopic (exact) mass is 370 g/mol. The van der Waals surface area contributed by atoms with Crippen molar-refractivity contribution in [1.29, 1.82) is 0 Å². The summed E-state index contributed by atoms with van der Waals surface area (Å²) in [4.78, 5) is 26.3. The second-order valence-electron chi connectivity index (χ2n) is 6.46. The summed E-state index contributed by atoms with van der Waals surface area (Å²) >= 11 is 0. The molecule has 1 fully saturated rings. The average Bonchev–Trinajstić information content (AvgIpc) is 3.06. The molecule has 0 bridgehead atoms. The largest absolute Gasteiger partial charge is 0.494 e. The van der Waals surface area contributed by atoms with E-state index in [4.69, 9.17) is 4.74 Å². The molecule has 1 aliphatic heterocycles. The third kappa shape index (κ3) is 4.64. The van der Waals surface area contributed by atoms with Crippen molar-refractivity contribution in [3.05, 3.63) is 59.9 Å². The van der Waals surface area contributed by atoms with E-state index in [1.165, 1.54) is 6.07 Å². The molecule has 6 heteroatoms. The number of ether oxygens (including phenoxy) is 1. The summed E-state index contributed by atoms with van der Waals surface area (Å²) in [6.07, 6.45) is 0.598. The van der Waals surface area contributed by atoms with Gasteiger partial charge in [-0.3, -0.25) is 9.59 Å². The molecule has 3 rings (SSSR count). The molecule has 1 unspecified atom stereocenters. The summed E-state index contributed by atoms with van der Waals surface area (Å²) in [6, 6.07) is 13.8. The number of carbonyl (C=O) groups is 2. The maximum atomic E-state index is 13.6. The molecule has 1 atom stereocenters. The summed E-state index contributed by atoms with van der Waals surface area (Å²) < 4.78 is 19.0. The average molecular weight is 370 g/mol. The number of nitrogens with one attached hydrogen (secondary N) is 1. The van der Waals surface area contributed by atoms with Gasteiger partial charge in [-0.05, 0) is 49.2 Å². The summed E-state index contributed by atoms with van der Waals surface area (Å²) in [5.41, 5.74) is 1.32. The van der Waals surface area contributed by atoms with E-state index in [1.54, 1.807) is 23.1 Å². The topological polar surface area (TPSA) is 58.6 Å². The van der Waals surface area contributed by atoms with E-state index in [9.17, 15) is 14.0 Å². The van der Waals surface area contributed by atoms with Crippen molar-refractivity contribution in [2.24, 2.45) is 5.92 Å². The summed E-state index contributed by atoms with van der Waals surface area (Å²) in [7, 11) is 0. The number of hydrogen-bond acceptors (Lipinski definition) is 3. The first-order valence-corrected chi connectivity index (χ1v) is 9.13. The van der Waals surface area contributed by atoms with Crippen molar-refractivity contribution in [2.75, 3.05) is 24.6 Å². The Morgan fingerprint density at radius 3 is 2.67 bits per heavy atom. The van der Waals surface area contributed by atoms with Crippen LogP contribution >= 0.6 is 0 Å². The zero-order chi connectivity index (χ0) is 19.2. The Bertz CT molecular complexity index is 807. The fraction of sp³-hybridized carbons (Fsp3) is 0.333. The number of rotatable bonds is 7. The summed E-state index contributed by atoms with van der Waals surface area (Å²) in [5, 5.41) is 2.81. The Labute approximate surface area is 158 Å². The quantitative estimate of drug-likeness (QED) is 0.815. The van der Waals surface area contributed by atoms with Crippen LogP contribution < -0.4 is 15.0 Å². The number of halogens is 1. The van der Waals surface area contributed by atoms with Crippen LogP contribution in [0.4, 0.5) is 10.1 Å². The fourth-order valence-electron chi connectivity index (χ4n) is 3.19. The molecule has 1 heterocycles. The lowest BCUT2D eigenvalue weighted by molar-refractivity contribution is -0.126. The number of carbonyl (C=O) groups excluding carboxylic acids is 2. The van der Waals surface area contributed by atoms with Crippen LogP contribution in [0.2, 0.25) is 0 Å². The van der Waals surface area contributed by atoms with E-state index in [2.05, 4.69) is 5.32 Å². The fourth-order valence-corrected chi connectivity index (χ4v) is 3.19. The highest BCUT2D eigenvalue weighted by atomic mass is 19.1. The first-order valence-electron chi connectivity index (χ1n) is 9.13. The van der Waals surface area contributed by atoms with Gasteiger partial charge in [0.1, 0.15) is 11.6 Å². The van der Waals surface area contributed by atoms with Gasteiger partial charge in [-0.25, -0.2) is 4.39 Å². The first-order chi connectivity index (χ1) is 13.1. The third-order valence-corrected chi connectivity index (χ3v) is 4.61. The van der Waals surface area contributed by atoms with Gasteiger partial charge in [0, 0.05) is 25.2 Å². The van der Waals surface area contributed by atoms with Crippen molar-refractivity contribution in [2.45, 2.75) is 19.8 Å². The molecule has 0 aromatic heterocycles. The normalized spacial score (nSPS) is 16.4. The van der Waals surface area contributed by atoms with Crippen LogP contribution in [0.5, 0.6) is 5.75 Å². The number of hydrogen-bond donors (Lipinski definition) is 1. The lowest BCUT2D eigenvalue weighted by atomic mass is 10.1. The Balaban J connectivity index is 1.53. The van der Waals surface area contributed by atoms with Gasteiger partial charge in [0.25, 0.3) is 0 Å². The molecule has 27 heavy (non-hydrogen) atoms. The van der Waals surface area contributed by atoms with E-state index in [0.29, 0.717) is 31.7 Å². The summed E-state index contributed by atoms with van der Waals surface area (Å²) in [6.45, 7) is 3.18. The summed E-state index contributed by atoms with van der Waals surface area (Å²) in [5.74, 6) is -0.175. The second kappa shape index (κ2) is 8.66. The zero-order valence-electron chi connectivity index (χ0n) is 15.3. The van der Waals surface area contributed by atoms with Gasteiger partial charge in [-0.15, -0.1) is 0 Å². The van der Waals surface area contributed by atoms with Crippen molar-refractivity contribution in [3.8, 4) is 5.75 Å². The predicted molar refractivity (Wildman–Crippen MR) is 101 cm³/mol. The Morgan fingerprint density at radius 2 is 1.96 bits per heavy atom. The molecule has 2 amide bonds. The van der Waals surface area contributed by atoms with Crippen LogP contribution in [0.1, 0.15) is 18.9 Å². The SMILES string of the molecule is CCOc1ccc(N2CC(C(=O)NCCc3ccccc3F)CC2=O)cc1. The van der Waals surface area contributed by atoms with Gasteiger partial charge in [-0.1, -0.05) is 18.2 Å². The number of amides is 2. The highest BCUT2D eigenvalue weighted by Gasteiger charge is 2.34. The molecule has 0 spiro atoms. The zero-order valence-corrected chi connectivity index (χ0v) is 15.3. The van der Waals surface area contributed by atoms with Gasteiger partial charge in [0.2, 0.25) is 11.8 Å². The maximum absolute atomic E-state index is 13.6. The molecule has 142 valence electrons. The molecule has 2 aromatic rings. The number of anilines is 1. The van der Waals surface area contributed by atoms with Crippen LogP contribution in [0.25, 0.3) is 0 Å². The molecule has 5 nitrogen and oxygen atoms in total. The molecule has 2 aromatic carbocycles. The smallest absolute Gasteiger partial charge is 0.227 e. The molecule has 0 aliphatic carbocycles. The van der Waals surface area contributed by atoms with E-state index < -0.39 is 5.92 Å². The van der Waals surface area contributed by atoms with Crippen LogP contribution in [-0.2, 0) is 16.0 Å². The molecule has 0 saturated carbocycles. The van der Waals surface area contributed by atoms with Crippen molar-refractivity contribution in [3.63, 3.8) is 0 Å². The minimum Gasteiger partial charge on any atom is -0.494 e. The van der Waals surface area contributed by atoms with Gasteiger partial charge >= 0.3 is 0 Å². The minimum atomic E-state index is -0.398. The third-order valence-electron chi connectivity index (χ3n) is 4.61. The van der Waals surface area contributed by atoms with Crippen LogP contribution in [-0.4, -0.2) is 31.5 Å². The molecule has 1 aliphatic rings.